The third kappa shape index (κ3) is 2.95. The van der Waals surface area contributed by atoms with Crippen molar-refractivity contribution in [3.05, 3.63) is 33.0 Å². The summed E-state index contributed by atoms with van der Waals surface area (Å²) in [6, 6.07) is 2.90. The largest absolute Gasteiger partial charge is 0.481 e. The van der Waals surface area contributed by atoms with Crippen molar-refractivity contribution in [2.24, 2.45) is 5.41 Å². The summed E-state index contributed by atoms with van der Waals surface area (Å²) in [7, 11) is 0. The zero-order chi connectivity index (χ0) is 12.5. The molecular weight excluding hydrogens is 298 g/mol. The molecule has 0 amide bonds. The number of hydrogen-bond acceptors (Lipinski definition) is 1. The monoisotopic (exact) mass is 308 g/mol. The van der Waals surface area contributed by atoms with Gasteiger partial charge in [-0.25, -0.2) is 4.39 Å². The topological polar surface area (TPSA) is 37.3 Å². The fourth-order valence-electron chi connectivity index (χ4n) is 1.30. The Hall–Kier alpha value is -0.610. The van der Waals surface area contributed by atoms with Crippen LogP contribution in [0.15, 0.2) is 16.6 Å². The highest BCUT2D eigenvalue weighted by atomic mass is 79.9. The molecule has 0 unspecified atom stereocenters. The number of rotatable bonds is 3. The van der Waals surface area contributed by atoms with Crippen molar-refractivity contribution in [1.29, 1.82) is 0 Å². The van der Waals surface area contributed by atoms with Gasteiger partial charge in [0.15, 0.2) is 0 Å². The van der Waals surface area contributed by atoms with E-state index >= 15 is 0 Å². The highest BCUT2D eigenvalue weighted by molar-refractivity contribution is 9.10. The average Bonchev–Trinajstić information content (AvgIpc) is 2.13. The van der Waals surface area contributed by atoms with E-state index < -0.39 is 17.2 Å². The van der Waals surface area contributed by atoms with Gasteiger partial charge in [-0.15, -0.1) is 0 Å². The first-order valence-electron chi connectivity index (χ1n) is 4.61. The summed E-state index contributed by atoms with van der Waals surface area (Å²) in [5.41, 5.74) is -0.333. The Morgan fingerprint density at radius 1 is 1.56 bits per heavy atom. The molecule has 16 heavy (non-hydrogen) atoms. The lowest BCUT2D eigenvalue weighted by Crippen LogP contribution is -2.26. The molecule has 0 fully saturated rings. The maximum Gasteiger partial charge on any atom is 0.309 e. The average molecular weight is 310 g/mol. The molecule has 5 heteroatoms. The molecule has 0 saturated heterocycles. The number of carboxylic acids is 1. The molecule has 1 rings (SSSR count). The first kappa shape index (κ1) is 13.5. The van der Waals surface area contributed by atoms with Crippen molar-refractivity contribution in [3.8, 4) is 0 Å². The van der Waals surface area contributed by atoms with Crippen molar-refractivity contribution in [1.82, 2.24) is 0 Å². The first-order valence-corrected chi connectivity index (χ1v) is 5.78. The van der Waals surface area contributed by atoms with Crippen LogP contribution in [0, 0.1) is 11.2 Å². The predicted octanol–water partition coefficient (Wildman–Crippen LogP) is 3.89. The molecule has 1 aromatic rings. The van der Waals surface area contributed by atoms with Crippen LogP contribution in [0.25, 0.3) is 0 Å². The zero-order valence-electron chi connectivity index (χ0n) is 8.85. The highest BCUT2D eigenvalue weighted by Crippen LogP contribution is 2.30. The van der Waals surface area contributed by atoms with Crippen LogP contribution in [0.1, 0.15) is 19.4 Å². The maximum absolute atomic E-state index is 13.3. The van der Waals surface area contributed by atoms with Crippen LogP contribution in [0.2, 0.25) is 5.02 Å². The number of carboxylic acid groups (broad SMARTS) is 1. The predicted molar refractivity (Wildman–Crippen MR) is 64.2 cm³/mol. The molecule has 0 aromatic heterocycles. The quantitative estimate of drug-likeness (QED) is 0.860. The van der Waals surface area contributed by atoms with Gasteiger partial charge in [0.2, 0.25) is 0 Å². The van der Waals surface area contributed by atoms with Crippen molar-refractivity contribution in [3.63, 3.8) is 0 Å². The van der Waals surface area contributed by atoms with Crippen LogP contribution in [-0.4, -0.2) is 11.1 Å². The minimum absolute atomic E-state index is 0.0110. The second kappa shape index (κ2) is 4.72. The summed E-state index contributed by atoms with van der Waals surface area (Å²) in [6.45, 7) is 3.19. The van der Waals surface area contributed by atoms with Gasteiger partial charge in [-0.2, -0.15) is 0 Å². The van der Waals surface area contributed by atoms with E-state index in [1.807, 2.05) is 0 Å². The van der Waals surface area contributed by atoms with Gasteiger partial charge in [0.1, 0.15) is 5.82 Å². The van der Waals surface area contributed by atoms with Gasteiger partial charge >= 0.3 is 5.97 Å². The Labute approximate surface area is 107 Å². The van der Waals surface area contributed by atoms with Gasteiger partial charge in [0.05, 0.1) is 10.4 Å². The zero-order valence-corrected chi connectivity index (χ0v) is 11.2. The molecule has 0 atom stereocenters. The highest BCUT2D eigenvalue weighted by Gasteiger charge is 2.27. The van der Waals surface area contributed by atoms with E-state index in [-0.39, 0.29) is 11.4 Å². The van der Waals surface area contributed by atoms with Crippen molar-refractivity contribution in [2.75, 3.05) is 0 Å². The van der Waals surface area contributed by atoms with Gasteiger partial charge in [0.25, 0.3) is 0 Å². The fourth-order valence-corrected chi connectivity index (χ4v) is 1.89. The summed E-state index contributed by atoms with van der Waals surface area (Å²) in [4.78, 5) is 10.9. The van der Waals surface area contributed by atoms with E-state index in [4.69, 9.17) is 16.7 Å². The van der Waals surface area contributed by atoms with Crippen molar-refractivity contribution in [2.45, 2.75) is 20.3 Å². The maximum atomic E-state index is 13.3. The van der Waals surface area contributed by atoms with Crippen LogP contribution < -0.4 is 0 Å². The standard InChI is InChI=1S/C11H11BrClFO2/c1-11(2,10(15)16)5-6-3-7(12)9(13)8(14)4-6/h3-4H,5H2,1-2H3,(H,15,16). The molecule has 88 valence electrons. The Bertz CT molecular complexity index is 409. The van der Waals surface area contributed by atoms with Crippen LogP contribution in [0.3, 0.4) is 0 Å². The van der Waals surface area contributed by atoms with Gasteiger partial charge in [-0.3, -0.25) is 4.79 Å². The summed E-state index contributed by atoms with van der Waals surface area (Å²) in [5, 5.41) is 8.98. The van der Waals surface area contributed by atoms with Crippen molar-refractivity contribution < 1.29 is 14.3 Å². The second-order valence-corrected chi connectivity index (χ2v) is 5.47. The lowest BCUT2D eigenvalue weighted by Gasteiger charge is -2.19. The minimum atomic E-state index is -0.931. The van der Waals surface area contributed by atoms with E-state index in [0.29, 0.717) is 10.0 Å². The van der Waals surface area contributed by atoms with Crippen LogP contribution in [0.5, 0.6) is 0 Å². The number of aliphatic carboxylic acids is 1. The molecule has 0 aliphatic rings. The number of carbonyl (C=O) groups is 1. The SMILES string of the molecule is CC(C)(Cc1cc(F)c(Cl)c(Br)c1)C(=O)O. The molecule has 1 aromatic carbocycles. The van der Waals surface area contributed by atoms with E-state index in [9.17, 15) is 9.18 Å². The molecular formula is C11H11BrClFO2. The van der Waals surface area contributed by atoms with Gasteiger partial charge in [-0.1, -0.05) is 11.6 Å². The van der Waals surface area contributed by atoms with Gasteiger partial charge in [0, 0.05) is 4.47 Å². The molecule has 0 aliphatic carbocycles. The summed E-state index contributed by atoms with van der Waals surface area (Å²) >= 11 is 8.77. The molecule has 0 radical (unpaired) electrons. The minimum Gasteiger partial charge on any atom is -0.481 e. The summed E-state index contributed by atoms with van der Waals surface area (Å²) < 4.78 is 13.7. The fraction of sp³-hybridized carbons (Fsp3) is 0.364. The third-order valence-electron chi connectivity index (χ3n) is 2.27. The molecule has 0 bridgehead atoms. The smallest absolute Gasteiger partial charge is 0.309 e. The molecule has 1 N–H and O–H groups in total. The lowest BCUT2D eigenvalue weighted by molar-refractivity contribution is -0.146. The molecule has 0 heterocycles. The van der Waals surface area contributed by atoms with Crippen molar-refractivity contribution >= 4 is 33.5 Å². The first-order chi connectivity index (χ1) is 7.24. The summed E-state index contributed by atoms with van der Waals surface area (Å²) in [5.74, 6) is -1.47. The lowest BCUT2D eigenvalue weighted by atomic mass is 9.86. The van der Waals surface area contributed by atoms with Gasteiger partial charge in [-0.05, 0) is 53.9 Å². The van der Waals surface area contributed by atoms with E-state index in [1.54, 1.807) is 19.9 Å². The Morgan fingerprint density at radius 2 is 2.12 bits per heavy atom. The third-order valence-corrected chi connectivity index (χ3v) is 3.51. The van der Waals surface area contributed by atoms with Crippen LogP contribution in [0.4, 0.5) is 4.39 Å². The van der Waals surface area contributed by atoms with Crippen LogP contribution >= 0.6 is 27.5 Å². The molecule has 0 aliphatic heterocycles. The molecule has 0 saturated carbocycles. The molecule has 0 spiro atoms. The summed E-state index contributed by atoms with van der Waals surface area (Å²) in [6.07, 6.45) is 0.245. The Balaban J connectivity index is 3.04. The van der Waals surface area contributed by atoms with Gasteiger partial charge < -0.3 is 5.11 Å². The second-order valence-electron chi connectivity index (χ2n) is 4.24. The van der Waals surface area contributed by atoms with E-state index in [1.165, 1.54) is 6.07 Å². The Kier molecular flexibility index (Phi) is 3.97. The number of hydrogen-bond donors (Lipinski definition) is 1. The van der Waals surface area contributed by atoms with E-state index in [2.05, 4.69) is 15.9 Å². The van der Waals surface area contributed by atoms with E-state index in [0.717, 1.165) is 0 Å². The molecule has 2 nitrogen and oxygen atoms in total. The van der Waals surface area contributed by atoms with Crippen LogP contribution in [-0.2, 0) is 11.2 Å². The number of benzene rings is 1. The number of halogens is 3. The normalized spacial score (nSPS) is 11.6. The Morgan fingerprint density at radius 3 is 2.56 bits per heavy atom.